The van der Waals surface area contributed by atoms with Gasteiger partial charge in [0, 0.05) is 27.5 Å². The van der Waals surface area contributed by atoms with Crippen LogP contribution in [0.4, 0.5) is 0 Å². The summed E-state index contributed by atoms with van der Waals surface area (Å²) in [4.78, 5) is 0. The fourth-order valence-electron chi connectivity index (χ4n) is 12.1. The quantitative estimate of drug-likeness (QED) is 0.355. The molecule has 2 saturated heterocycles. The van der Waals surface area contributed by atoms with Crippen LogP contribution in [0.2, 0.25) is 0 Å². The molecule has 8 saturated carbocycles. The molecule has 38 heavy (non-hydrogen) atoms. The first-order chi connectivity index (χ1) is 18.5. The Morgan fingerprint density at radius 3 is 1.16 bits per heavy atom. The summed E-state index contributed by atoms with van der Waals surface area (Å²) in [5, 5.41) is 0. The molecule has 206 valence electrons. The van der Waals surface area contributed by atoms with E-state index in [2.05, 4.69) is 13.8 Å². The van der Waals surface area contributed by atoms with E-state index in [0.717, 1.165) is 48.7 Å². The van der Waals surface area contributed by atoms with Gasteiger partial charge in [0.05, 0.1) is 13.2 Å². The van der Waals surface area contributed by atoms with Crippen molar-refractivity contribution in [2.75, 3.05) is 26.4 Å². The Bertz CT molecular complexity index is 988. The highest BCUT2D eigenvalue weighted by Gasteiger charge is 2.57. The molecule has 4 heteroatoms. The zero-order chi connectivity index (χ0) is 25.2. The summed E-state index contributed by atoms with van der Waals surface area (Å²) in [7, 11) is 0. The van der Waals surface area contributed by atoms with E-state index in [1.807, 2.05) is 0 Å². The Morgan fingerprint density at radius 2 is 0.868 bits per heavy atom. The van der Waals surface area contributed by atoms with E-state index in [0.29, 0.717) is 24.0 Å². The second-order valence-electron chi connectivity index (χ2n) is 15.6. The van der Waals surface area contributed by atoms with Gasteiger partial charge in [-0.15, -0.1) is 0 Å². The standard InChI is InChI=1S/C34H46O4/c1-19-29(33-9-21-3-22(10-33)5-23(4-21)11-33)31(37-17-27-15-35-27)20(2)32(38-18-28-16-36-28)30(19)34-12-24-6-25(13-34)8-26(7-24)14-34/h21-28H,3-18H2,1-2H3. The van der Waals surface area contributed by atoms with Crippen molar-refractivity contribution in [2.45, 2.75) is 114 Å². The van der Waals surface area contributed by atoms with E-state index in [4.69, 9.17) is 18.9 Å². The van der Waals surface area contributed by atoms with Gasteiger partial charge in [0.1, 0.15) is 36.9 Å². The minimum Gasteiger partial charge on any atom is -0.490 e. The van der Waals surface area contributed by atoms with E-state index in [9.17, 15) is 0 Å². The fourth-order valence-corrected chi connectivity index (χ4v) is 12.1. The molecule has 1 aromatic carbocycles. The zero-order valence-corrected chi connectivity index (χ0v) is 23.6. The lowest BCUT2D eigenvalue weighted by molar-refractivity contribution is -0.0107. The van der Waals surface area contributed by atoms with Crippen molar-refractivity contribution in [3.05, 3.63) is 22.3 Å². The smallest absolute Gasteiger partial charge is 0.130 e. The first-order valence-corrected chi connectivity index (χ1v) is 16.1. The van der Waals surface area contributed by atoms with Crippen molar-refractivity contribution >= 4 is 0 Å². The van der Waals surface area contributed by atoms with Gasteiger partial charge in [0.2, 0.25) is 0 Å². The van der Waals surface area contributed by atoms with E-state index in [1.165, 1.54) is 94.1 Å². The van der Waals surface area contributed by atoms with Gasteiger partial charge in [0.15, 0.2) is 0 Å². The average molecular weight is 519 g/mol. The Balaban J connectivity index is 1.24. The Hall–Kier alpha value is -1.26. The monoisotopic (exact) mass is 518 g/mol. The summed E-state index contributed by atoms with van der Waals surface area (Å²) < 4.78 is 25.0. The van der Waals surface area contributed by atoms with Crippen molar-refractivity contribution in [3.63, 3.8) is 0 Å². The van der Waals surface area contributed by atoms with Crippen molar-refractivity contribution in [1.82, 2.24) is 0 Å². The fraction of sp³-hybridized carbons (Fsp3) is 0.824. The number of hydrogen-bond acceptors (Lipinski definition) is 4. The first-order valence-electron chi connectivity index (χ1n) is 16.1. The van der Waals surface area contributed by atoms with E-state index >= 15 is 0 Å². The van der Waals surface area contributed by atoms with Crippen LogP contribution < -0.4 is 9.47 Å². The molecule has 2 aliphatic heterocycles. The molecule has 4 nitrogen and oxygen atoms in total. The summed E-state index contributed by atoms with van der Waals surface area (Å²) in [6.07, 6.45) is 17.7. The van der Waals surface area contributed by atoms with Crippen LogP contribution >= 0.6 is 0 Å². The van der Waals surface area contributed by atoms with Crippen molar-refractivity contribution in [2.24, 2.45) is 35.5 Å². The summed E-state index contributed by atoms with van der Waals surface area (Å²) in [5.74, 6) is 7.90. The molecule has 2 heterocycles. The normalized spacial score (nSPS) is 47.0. The van der Waals surface area contributed by atoms with Gasteiger partial charge in [-0.1, -0.05) is 0 Å². The highest BCUT2D eigenvalue weighted by Crippen LogP contribution is 2.67. The number of epoxide rings is 2. The van der Waals surface area contributed by atoms with Crippen LogP contribution in [0, 0.1) is 49.4 Å². The Kier molecular flexibility index (Phi) is 5.03. The van der Waals surface area contributed by atoms with Gasteiger partial charge in [-0.3, -0.25) is 0 Å². The van der Waals surface area contributed by atoms with Gasteiger partial charge in [-0.05, 0) is 132 Å². The first kappa shape index (κ1) is 23.4. The minimum absolute atomic E-state index is 0.269. The second kappa shape index (κ2) is 8.15. The lowest BCUT2D eigenvalue weighted by atomic mass is 9.45. The van der Waals surface area contributed by atoms with Gasteiger partial charge in [-0.25, -0.2) is 0 Å². The Labute approximate surface area is 228 Å². The van der Waals surface area contributed by atoms with Gasteiger partial charge in [0.25, 0.3) is 0 Å². The molecule has 8 bridgehead atoms. The molecule has 1 aromatic rings. The van der Waals surface area contributed by atoms with Crippen LogP contribution in [0.15, 0.2) is 0 Å². The molecule has 11 rings (SSSR count). The van der Waals surface area contributed by atoms with Crippen LogP contribution in [0.3, 0.4) is 0 Å². The lowest BCUT2D eigenvalue weighted by Gasteiger charge is -2.59. The number of benzene rings is 1. The second-order valence-corrected chi connectivity index (χ2v) is 15.6. The average Bonchev–Trinajstić information content (AvgIpc) is 3.76. The van der Waals surface area contributed by atoms with Gasteiger partial charge < -0.3 is 18.9 Å². The number of rotatable bonds is 8. The van der Waals surface area contributed by atoms with Crippen molar-refractivity contribution in [3.8, 4) is 11.5 Å². The van der Waals surface area contributed by atoms with E-state index < -0.39 is 0 Å². The summed E-state index contributed by atoms with van der Waals surface area (Å²) in [6, 6.07) is 0. The van der Waals surface area contributed by atoms with Crippen LogP contribution in [0.25, 0.3) is 0 Å². The topological polar surface area (TPSA) is 43.5 Å². The molecule has 0 radical (unpaired) electrons. The predicted molar refractivity (Wildman–Crippen MR) is 146 cm³/mol. The maximum absolute atomic E-state index is 6.86. The minimum atomic E-state index is 0.269. The molecule has 2 atom stereocenters. The zero-order valence-electron chi connectivity index (χ0n) is 23.6. The van der Waals surface area contributed by atoms with Gasteiger partial charge in [-0.2, -0.15) is 0 Å². The molecule has 10 fully saturated rings. The third-order valence-electron chi connectivity index (χ3n) is 12.7. The molecular formula is C34H46O4. The lowest BCUT2D eigenvalue weighted by Crippen LogP contribution is -2.51. The Morgan fingerprint density at radius 1 is 0.553 bits per heavy atom. The number of ether oxygens (including phenoxy) is 4. The van der Waals surface area contributed by atoms with E-state index in [1.54, 1.807) is 16.7 Å². The van der Waals surface area contributed by atoms with Crippen LogP contribution in [0.5, 0.6) is 11.5 Å². The van der Waals surface area contributed by atoms with Crippen LogP contribution in [-0.4, -0.2) is 38.6 Å². The third kappa shape index (κ3) is 3.60. The molecule has 0 N–H and O–H groups in total. The summed E-state index contributed by atoms with van der Waals surface area (Å²) in [6.45, 7) is 7.89. The van der Waals surface area contributed by atoms with Crippen molar-refractivity contribution < 1.29 is 18.9 Å². The molecule has 2 unspecified atom stereocenters. The molecular weight excluding hydrogens is 472 g/mol. The molecule has 0 spiro atoms. The molecule has 8 aliphatic carbocycles. The highest BCUT2D eigenvalue weighted by molar-refractivity contribution is 5.64. The summed E-state index contributed by atoms with van der Waals surface area (Å²) in [5.41, 5.74) is 6.70. The predicted octanol–water partition coefficient (Wildman–Crippen LogP) is 6.79. The maximum Gasteiger partial charge on any atom is 0.130 e. The summed E-state index contributed by atoms with van der Waals surface area (Å²) >= 11 is 0. The van der Waals surface area contributed by atoms with Gasteiger partial charge >= 0.3 is 0 Å². The van der Waals surface area contributed by atoms with E-state index in [-0.39, 0.29) is 12.2 Å². The van der Waals surface area contributed by atoms with Crippen molar-refractivity contribution in [1.29, 1.82) is 0 Å². The SMILES string of the molecule is Cc1c(OCC2CO2)c(C23CC4CC(CC(C4)C2)C3)c(C)c(C23CC4CC(CC(C4)C2)C3)c1OCC1CO1. The van der Waals surface area contributed by atoms with Crippen LogP contribution in [0.1, 0.15) is 99.3 Å². The molecule has 10 aliphatic rings. The molecule has 0 aromatic heterocycles. The maximum atomic E-state index is 6.86. The van der Waals surface area contributed by atoms with Crippen LogP contribution in [-0.2, 0) is 20.3 Å². The largest absolute Gasteiger partial charge is 0.490 e. The molecule has 0 amide bonds. The number of hydrogen-bond donors (Lipinski definition) is 0. The highest BCUT2D eigenvalue weighted by atomic mass is 16.6. The third-order valence-corrected chi connectivity index (χ3v) is 12.7.